The molecule has 0 saturated carbocycles. The molecule has 2 aromatic heterocycles. The SMILES string of the molecule is CN(C)C(=O)c1ccc(NCc2cnc[nH]2)nc1. The third kappa shape index (κ3) is 2.85. The molecule has 0 saturated heterocycles. The summed E-state index contributed by atoms with van der Waals surface area (Å²) >= 11 is 0. The van der Waals surface area contributed by atoms with Crippen molar-refractivity contribution in [1.82, 2.24) is 19.9 Å². The maximum Gasteiger partial charge on any atom is 0.254 e. The Hall–Kier alpha value is -2.37. The normalized spacial score (nSPS) is 10.1. The highest BCUT2D eigenvalue weighted by molar-refractivity contribution is 5.93. The number of H-pyrrole nitrogens is 1. The molecule has 94 valence electrons. The van der Waals surface area contributed by atoms with E-state index in [1.165, 1.54) is 4.90 Å². The molecule has 0 fully saturated rings. The summed E-state index contributed by atoms with van der Waals surface area (Å²) in [6.45, 7) is 0.619. The minimum absolute atomic E-state index is 0.0531. The van der Waals surface area contributed by atoms with Crippen molar-refractivity contribution in [1.29, 1.82) is 0 Å². The van der Waals surface area contributed by atoms with E-state index < -0.39 is 0 Å². The molecule has 0 aromatic carbocycles. The zero-order valence-electron chi connectivity index (χ0n) is 10.3. The van der Waals surface area contributed by atoms with Gasteiger partial charge in [0.05, 0.1) is 24.1 Å². The molecule has 2 aromatic rings. The molecule has 0 spiro atoms. The van der Waals surface area contributed by atoms with Gasteiger partial charge in [-0.25, -0.2) is 9.97 Å². The van der Waals surface area contributed by atoms with Crippen LogP contribution in [0.4, 0.5) is 5.82 Å². The molecule has 0 atom stereocenters. The van der Waals surface area contributed by atoms with Gasteiger partial charge in [0.15, 0.2) is 0 Å². The number of carbonyl (C=O) groups excluding carboxylic acids is 1. The van der Waals surface area contributed by atoms with Crippen LogP contribution in [-0.4, -0.2) is 39.9 Å². The van der Waals surface area contributed by atoms with Crippen LogP contribution in [0.25, 0.3) is 0 Å². The molecule has 0 radical (unpaired) electrons. The first kappa shape index (κ1) is 12.1. The number of imidazole rings is 1. The van der Waals surface area contributed by atoms with Crippen LogP contribution in [0.5, 0.6) is 0 Å². The minimum Gasteiger partial charge on any atom is -0.364 e. The fourth-order valence-corrected chi connectivity index (χ4v) is 1.45. The summed E-state index contributed by atoms with van der Waals surface area (Å²) in [5, 5.41) is 3.14. The van der Waals surface area contributed by atoms with Crippen LogP contribution in [-0.2, 0) is 6.54 Å². The number of nitrogens with one attached hydrogen (secondary N) is 2. The lowest BCUT2D eigenvalue weighted by molar-refractivity contribution is 0.0827. The lowest BCUT2D eigenvalue weighted by Gasteiger charge is -2.10. The largest absolute Gasteiger partial charge is 0.364 e. The van der Waals surface area contributed by atoms with Crippen molar-refractivity contribution < 1.29 is 4.79 Å². The first-order chi connectivity index (χ1) is 8.66. The number of hydrogen-bond acceptors (Lipinski definition) is 4. The second-order valence-electron chi connectivity index (χ2n) is 4.06. The van der Waals surface area contributed by atoms with Crippen molar-refractivity contribution in [2.75, 3.05) is 19.4 Å². The Morgan fingerprint density at radius 1 is 1.39 bits per heavy atom. The standard InChI is InChI=1S/C12H15N5O/c1-17(2)12(18)9-3-4-11(14-5-9)15-7-10-6-13-8-16-10/h3-6,8H,7H2,1-2H3,(H,13,16)(H,14,15). The predicted molar refractivity (Wildman–Crippen MR) is 68.2 cm³/mol. The van der Waals surface area contributed by atoms with Crippen LogP contribution in [0.3, 0.4) is 0 Å². The summed E-state index contributed by atoms with van der Waals surface area (Å²) in [4.78, 5) is 24.3. The van der Waals surface area contributed by atoms with E-state index >= 15 is 0 Å². The summed E-state index contributed by atoms with van der Waals surface area (Å²) in [5.74, 6) is 0.669. The number of rotatable bonds is 4. The molecular weight excluding hydrogens is 230 g/mol. The molecule has 1 amide bonds. The lowest BCUT2D eigenvalue weighted by atomic mass is 10.2. The molecule has 0 bridgehead atoms. The Balaban J connectivity index is 1.97. The van der Waals surface area contributed by atoms with E-state index in [-0.39, 0.29) is 5.91 Å². The van der Waals surface area contributed by atoms with E-state index in [9.17, 15) is 4.79 Å². The Labute approximate surface area is 105 Å². The number of nitrogens with zero attached hydrogens (tertiary/aromatic N) is 3. The molecule has 0 aliphatic rings. The van der Waals surface area contributed by atoms with Gasteiger partial charge in [0.2, 0.25) is 0 Å². The summed E-state index contributed by atoms with van der Waals surface area (Å²) in [6.07, 6.45) is 4.94. The highest BCUT2D eigenvalue weighted by Gasteiger charge is 2.07. The molecule has 18 heavy (non-hydrogen) atoms. The molecule has 6 heteroatoms. The quantitative estimate of drug-likeness (QED) is 0.846. The van der Waals surface area contributed by atoms with Crippen molar-refractivity contribution in [3.63, 3.8) is 0 Å². The average Bonchev–Trinajstić information content (AvgIpc) is 2.89. The highest BCUT2D eigenvalue weighted by Crippen LogP contribution is 2.07. The maximum atomic E-state index is 11.7. The molecule has 2 heterocycles. The molecule has 0 aliphatic heterocycles. The van der Waals surface area contributed by atoms with Crippen LogP contribution in [0.2, 0.25) is 0 Å². The second-order valence-corrected chi connectivity index (χ2v) is 4.06. The fourth-order valence-electron chi connectivity index (χ4n) is 1.45. The van der Waals surface area contributed by atoms with Crippen molar-refractivity contribution in [3.05, 3.63) is 42.1 Å². The topological polar surface area (TPSA) is 73.9 Å². The number of amides is 1. The van der Waals surface area contributed by atoms with E-state index in [0.29, 0.717) is 12.1 Å². The van der Waals surface area contributed by atoms with Gasteiger partial charge in [0.1, 0.15) is 5.82 Å². The van der Waals surface area contributed by atoms with Crippen LogP contribution in [0.1, 0.15) is 16.1 Å². The fraction of sp³-hybridized carbons (Fsp3) is 0.250. The smallest absolute Gasteiger partial charge is 0.254 e. The van der Waals surface area contributed by atoms with E-state index in [1.807, 2.05) is 0 Å². The minimum atomic E-state index is -0.0531. The van der Waals surface area contributed by atoms with Gasteiger partial charge in [0.25, 0.3) is 5.91 Å². The van der Waals surface area contributed by atoms with Crippen LogP contribution in [0.15, 0.2) is 30.9 Å². The van der Waals surface area contributed by atoms with Crippen molar-refractivity contribution in [3.8, 4) is 0 Å². The Bertz CT molecular complexity index is 504. The molecule has 6 nitrogen and oxygen atoms in total. The van der Waals surface area contributed by atoms with Gasteiger partial charge in [-0.1, -0.05) is 0 Å². The third-order valence-electron chi connectivity index (χ3n) is 2.43. The van der Waals surface area contributed by atoms with Gasteiger partial charge in [0, 0.05) is 26.5 Å². The van der Waals surface area contributed by atoms with Gasteiger partial charge in [-0.2, -0.15) is 0 Å². The number of aromatic amines is 1. The summed E-state index contributed by atoms with van der Waals surface area (Å²) in [7, 11) is 3.43. The van der Waals surface area contributed by atoms with Crippen LogP contribution in [0, 0.1) is 0 Å². The molecular formula is C12H15N5O. The molecule has 0 unspecified atom stereocenters. The molecule has 2 N–H and O–H groups in total. The summed E-state index contributed by atoms with van der Waals surface area (Å²) < 4.78 is 0. The lowest BCUT2D eigenvalue weighted by Crippen LogP contribution is -2.21. The maximum absolute atomic E-state index is 11.7. The van der Waals surface area contributed by atoms with Crippen LogP contribution < -0.4 is 5.32 Å². The molecule has 0 aliphatic carbocycles. The van der Waals surface area contributed by atoms with Gasteiger partial charge in [-0.15, -0.1) is 0 Å². The van der Waals surface area contributed by atoms with Gasteiger partial charge < -0.3 is 15.2 Å². The first-order valence-corrected chi connectivity index (χ1v) is 5.55. The van der Waals surface area contributed by atoms with E-state index in [2.05, 4.69) is 20.3 Å². The average molecular weight is 245 g/mol. The number of hydrogen-bond donors (Lipinski definition) is 2. The highest BCUT2D eigenvalue weighted by atomic mass is 16.2. The van der Waals surface area contributed by atoms with Crippen molar-refractivity contribution >= 4 is 11.7 Å². The van der Waals surface area contributed by atoms with E-state index in [1.54, 1.807) is 44.9 Å². The zero-order chi connectivity index (χ0) is 13.0. The first-order valence-electron chi connectivity index (χ1n) is 5.55. The second kappa shape index (κ2) is 5.31. The van der Waals surface area contributed by atoms with E-state index in [4.69, 9.17) is 0 Å². The Kier molecular flexibility index (Phi) is 3.57. The monoisotopic (exact) mass is 245 g/mol. The summed E-state index contributed by atoms with van der Waals surface area (Å²) in [5.41, 5.74) is 1.55. The van der Waals surface area contributed by atoms with E-state index in [0.717, 1.165) is 11.5 Å². The number of aromatic nitrogens is 3. The number of carbonyl (C=O) groups is 1. The van der Waals surface area contributed by atoms with Gasteiger partial charge in [-0.3, -0.25) is 4.79 Å². The van der Waals surface area contributed by atoms with Crippen LogP contribution >= 0.6 is 0 Å². The molecule has 2 rings (SSSR count). The Morgan fingerprint density at radius 2 is 2.22 bits per heavy atom. The van der Waals surface area contributed by atoms with Gasteiger partial charge >= 0.3 is 0 Å². The third-order valence-corrected chi connectivity index (χ3v) is 2.43. The Morgan fingerprint density at radius 3 is 2.78 bits per heavy atom. The zero-order valence-corrected chi connectivity index (χ0v) is 10.3. The van der Waals surface area contributed by atoms with Crippen molar-refractivity contribution in [2.24, 2.45) is 0 Å². The summed E-state index contributed by atoms with van der Waals surface area (Å²) in [6, 6.07) is 3.54. The predicted octanol–water partition coefficient (Wildman–Crippen LogP) is 1.12. The number of pyridine rings is 1. The van der Waals surface area contributed by atoms with Gasteiger partial charge in [-0.05, 0) is 12.1 Å². The number of anilines is 1. The van der Waals surface area contributed by atoms with Crippen molar-refractivity contribution in [2.45, 2.75) is 6.54 Å².